The summed E-state index contributed by atoms with van der Waals surface area (Å²) in [5.41, 5.74) is 1.75. The third kappa shape index (κ3) is 3.80. The van der Waals surface area contributed by atoms with Crippen molar-refractivity contribution in [1.82, 2.24) is 0 Å². The van der Waals surface area contributed by atoms with Gasteiger partial charge in [0.1, 0.15) is 6.29 Å². The molecule has 1 heterocycles. The fourth-order valence-electron chi connectivity index (χ4n) is 1.62. The monoisotopic (exact) mass is 237 g/mol. The zero-order valence-electron chi connectivity index (χ0n) is 9.50. The van der Waals surface area contributed by atoms with Gasteiger partial charge in [-0.05, 0) is 11.6 Å². The lowest BCUT2D eigenvalue weighted by atomic mass is 10.0. The molecule has 0 bridgehead atoms. The maximum absolute atomic E-state index is 10.4. The summed E-state index contributed by atoms with van der Waals surface area (Å²) in [6.07, 6.45) is 7.45. The molecule has 92 valence electrons. The zero-order valence-corrected chi connectivity index (χ0v) is 9.50. The van der Waals surface area contributed by atoms with Gasteiger partial charge in [0.05, 0.1) is 18.9 Å². The summed E-state index contributed by atoms with van der Waals surface area (Å²) in [4.78, 5) is 15.5. The smallest absolute Gasteiger partial charge is 0.194 e. The lowest BCUT2D eigenvalue weighted by Crippen LogP contribution is -2.15. The van der Waals surface area contributed by atoms with Gasteiger partial charge in [-0.1, -0.05) is 17.3 Å². The minimum absolute atomic E-state index is 0.296. The summed E-state index contributed by atoms with van der Waals surface area (Å²) < 4.78 is 10.4. The van der Waals surface area contributed by atoms with E-state index in [1.165, 1.54) is 0 Å². The molecule has 0 radical (unpaired) electrons. The summed E-state index contributed by atoms with van der Waals surface area (Å²) in [6, 6.07) is 0. The summed E-state index contributed by atoms with van der Waals surface area (Å²) >= 11 is 0. The highest BCUT2D eigenvalue weighted by atomic mass is 16.7. The van der Waals surface area contributed by atoms with Gasteiger partial charge in [-0.15, -0.1) is 0 Å². The summed E-state index contributed by atoms with van der Waals surface area (Å²) in [5, 5.41) is 3.99. The van der Waals surface area contributed by atoms with Gasteiger partial charge in [-0.2, -0.15) is 0 Å². The van der Waals surface area contributed by atoms with E-state index in [4.69, 9.17) is 14.3 Å². The van der Waals surface area contributed by atoms with Crippen molar-refractivity contribution >= 4 is 12.0 Å². The molecule has 0 aromatic heterocycles. The molecule has 1 fully saturated rings. The number of carbonyl (C=O) groups is 1. The van der Waals surface area contributed by atoms with E-state index in [0.717, 1.165) is 24.0 Å². The van der Waals surface area contributed by atoms with E-state index in [9.17, 15) is 4.79 Å². The van der Waals surface area contributed by atoms with E-state index >= 15 is 0 Å². The van der Waals surface area contributed by atoms with Crippen LogP contribution in [0.2, 0.25) is 0 Å². The molecule has 0 N–H and O–H groups in total. The molecule has 0 aromatic carbocycles. The predicted octanol–water partition coefficient (Wildman–Crippen LogP) is 1.21. The molecule has 0 saturated carbocycles. The molecule has 0 aromatic rings. The first-order chi connectivity index (χ1) is 8.38. The van der Waals surface area contributed by atoms with Crippen molar-refractivity contribution in [2.24, 2.45) is 5.16 Å². The Balaban J connectivity index is 1.80. The number of carbonyl (C=O) groups excluding carboxylic acids is 1. The van der Waals surface area contributed by atoms with Gasteiger partial charge in [0.15, 0.2) is 12.9 Å². The third-order valence-electron chi connectivity index (χ3n) is 2.41. The van der Waals surface area contributed by atoms with E-state index in [0.29, 0.717) is 26.2 Å². The number of allylic oxidation sites excluding steroid dienone is 4. The minimum atomic E-state index is -0.308. The Hall–Kier alpha value is -1.46. The van der Waals surface area contributed by atoms with Crippen LogP contribution in [0.1, 0.15) is 12.8 Å². The molecule has 0 spiro atoms. The molecule has 2 rings (SSSR count). The fourth-order valence-corrected chi connectivity index (χ4v) is 1.62. The van der Waals surface area contributed by atoms with Crippen LogP contribution >= 0.6 is 0 Å². The molecule has 0 atom stereocenters. The predicted molar refractivity (Wildman–Crippen MR) is 61.6 cm³/mol. The molecule has 1 aliphatic carbocycles. The van der Waals surface area contributed by atoms with Crippen LogP contribution in [-0.2, 0) is 19.1 Å². The Labute approximate surface area is 99.7 Å². The Morgan fingerprint density at radius 3 is 3.06 bits per heavy atom. The molecule has 5 heteroatoms. The molecule has 0 amide bonds. The van der Waals surface area contributed by atoms with E-state index < -0.39 is 0 Å². The van der Waals surface area contributed by atoms with E-state index in [1.54, 1.807) is 0 Å². The second-order valence-corrected chi connectivity index (χ2v) is 3.75. The van der Waals surface area contributed by atoms with Crippen LogP contribution in [0.5, 0.6) is 0 Å². The van der Waals surface area contributed by atoms with Gasteiger partial charge in [-0.25, -0.2) is 0 Å². The average molecular weight is 237 g/mol. The lowest BCUT2D eigenvalue weighted by molar-refractivity contribution is -0.107. The summed E-state index contributed by atoms with van der Waals surface area (Å²) in [6.45, 7) is 1.51. The molecule has 17 heavy (non-hydrogen) atoms. The van der Waals surface area contributed by atoms with Crippen molar-refractivity contribution < 1.29 is 19.1 Å². The van der Waals surface area contributed by atoms with Crippen LogP contribution in [0.4, 0.5) is 0 Å². The quantitative estimate of drug-likeness (QED) is 0.532. The molecule has 1 saturated heterocycles. The van der Waals surface area contributed by atoms with Crippen molar-refractivity contribution in [1.29, 1.82) is 0 Å². The van der Waals surface area contributed by atoms with Crippen molar-refractivity contribution in [2.75, 3.05) is 19.8 Å². The summed E-state index contributed by atoms with van der Waals surface area (Å²) in [5.74, 6) is 0. The molecule has 2 aliphatic rings. The lowest BCUT2D eigenvalue weighted by Gasteiger charge is -2.09. The van der Waals surface area contributed by atoms with Crippen LogP contribution in [-0.4, -0.2) is 38.1 Å². The van der Waals surface area contributed by atoms with Crippen LogP contribution in [0.15, 0.2) is 29.0 Å². The van der Waals surface area contributed by atoms with Crippen molar-refractivity contribution in [3.8, 4) is 0 Å². The highest BCUT2D eigenvalue weighted by Gasteiger charge is 2.16. The first-order valence-electron chi connectivity index (χ1n) is 5.61. The number of hydrogen-bond acceptors (Lipinski definition) is 5. The molecule has 0 unspecified atom stereocenters. The van der Waals surface area contributed by atoms with E-state index in [-0.39, 0.29) is 6.29 Å². The second kappa shape index (κ2) is 6.32. The first-order valence-corrected chi connectivity index (χ1v) is 5.61. The SMILES string of the molecule is O=CCC1=CC(=NOCC2OCCO2)CC=C1. The Morgan fingerprint density at radius 1 is 1.47 bits per heavy atom. The molecular weight excluding hydrogens is 222 g/mol. The van der Waals surface area contributed by atoms with Crippen LogP contribution in [0.3, 0.4) is 0 Å². The third-order valence-corrected chi connectivity index (χ3v) is 2.41. The number of aldehydes is 1. The average Bonchev–Trinajstić information content (AvgIpc) is 2.83. The Kier molecular flexibility index (Phi) is 4.46. The maximum Gasteiger partial charge on any atom is 0.194 e. The van der Waals surface area contributed by atoms with Crippen molar-refractivity contribution in [3.63, 3.8) is 0 Å². The van der Waals surface area contributed by atoms with Gasteiger partial charge < -0.3 is 19.1 Å². The van der Waals surface area contributed by atoms with Crippen molar-refractivity contribution in [2.45, 2.75) is 19.1 Å². The zero-order chi connectivity index (χ0) is 11.9. The molecule has 5 nitrogen and oxygen atoms in total. The fraction of sp³-hybridized carbons (Fsp3) is 0.500. The standard InChI is InChI=1S/C12H15NO4/c14-5-4-10-2-1-3-11(8-10)13-17-9-12-15-6-7-16-12/h1-2,5,8,12H,3-4,6-7,9H2. The Bertz CT molecular complexity index is 354. The van der Waals surface area contributed by atoms with Crippen molar-refractivity contribution in [3.05, 3.63) is 23.8 Å². The molecular formula is C12H15NO4. The van der Waals surface area contributed by atoms with Gasteiger partial charge in [0, 0.05) is 12.8 Å². The largest absolute Gasteiger partial charge is 0.390 e. The number of hydrogen-bond donors (Lipinski definition) is 0. The number of nitrogens with zero attached hydrogens (tertiary/aromatic N) is 1. The van der Waals surface area contributed by atoms with Gasteiger partial charge in [0.25, 0.3) is 0 Å². The Morgan fingerprint density at radius 2 is 2.29 bits per heavy atom. The van der Waals surface area contributed by atoms with Crippen LogP contribution in [0.25, 0.3) is 0 Å². The van der Waals surface area contributed by atoms with Gasteiger partial charge in [0.2, 0.25) is 0 Å². The number of rotatable bonds is 5. The first kappa shape index (κ1) is 12.0. The van der Waals surface area contributed by atoms with Gasteiger partial charge in [-0.3, -0.25) is 0 Å². The van der Waals surface area contributed by atoms with E-state index in [2.05, 4.69) is 5.16 Å². The highest BCUT2D eigenvalue weighted by Crippen LogP contribution is 2.11. The number of ether oxygens (including phenoxy) is 2. The normalized spacial score (nSPS) is 22.8. The van der Waals surface area contributed by atoms with Gasteiger partial charge >= 0.3 is 0 Å². The highest BCUT2D eigenvalue weighted by molar-refractivity contribution is 5.98. The maximum atomic E-state index is 10.4. The topological polar surface area (TPSA) is 57.1 Å². The molecule has 1 aliphatic heterocycles. The van der Waals surface area contributed by atoms with Crippen LogP contribution in [0, 0.1) is 0 Å². The van der Waals surface area contributed by atoms with Crippen LogP contribution < -0.4 is 0 Å². The summed E-state index contributed by atoms with van der Waals surface area (Å²) in [7, 11) is 0. The second-order valence-electron chi connectivity index (χ2n) is 3.75. The number of oxime groups is 1. The van der Waals surface area contributed by atoms with E-state index in [1.807, 2.05) is 18.2 Å². The minimum Gasteiger partial charge on any atom is -0.390 e.